The summed E-state index contributed by atoms with van der Waals surface area (Å²) in [6, 6.07) is 28.7. The van der Waals surface area contributed by atoms with Crippen LogP contribution >= 0.6 is 11.6 Å². The largest absolute Gasteiger partial charge is 0.393 e. The van der Waals surface area contributed by atoms with Gasteiger partial charge in [0, 0.05) is 23.2 Å². The van der Waals surface area contributed by atoms with Gasteiger partial charge in [0.15, 0.2) is 0 Å². The summed E-state index contributed by atoms with van der Waals surface area (Å²) in [6.07, 6.45) is 2.86. The molecule has 5 atom stereocenters. The first-order valence-electron chi connectivity index (χ1n) is 19.8. The van der Waals surface area contributed by atoms with Crippen molar-refractivity contribution in [2.24, 2.45) is 5.41 Å². The fourth-order valence-corrected chi connectivity index (χ4v) is 10.9. The van der Waals surface area contributed by atoms with Gasteiger partial charge in [0.2, 0.25) is 11.8 Å². The maximum atomic E-state index is 17.1. The predicted molar refractivity (Wildman–Crippen MR) is 213 cm³/mol. The first-order chi connectivity index (χ1) is 26.9. The number of nitriles is 1. The summed E-state index contributed by atoms with van der Waals surface area (Å²) in [5.74, 6) is -2.60. The Morgan fingerprint density at radius 2 is 1.57 bits per heavy atom. The molecule has 2 aliphatic heterocycles. The summed E-state index contributed by atoms with van der Waals surface area (Å²) in [7, 11) is 0. The van der Waals surface area contributed by atoms with Gasteiger partial charge in [0.1, 0.15) is 11.2 Å². The molecule has 0 bridgehead atoms. The van der Waals surface area contributed by atoms with Crippen LogP contribution in [-0.4, -0.2) is 50.7 Å². The van der Waals surface area contributed by atoms with Gasteiger partial charge in [-0.2, -0.15) is 5.26 Å². The highest BCUT2D eigenvalue weighted by atomic mass is 35.5. The van der Waals surface area contributed by atoms with Crippen molar-refractivity contribution in [3.05, 3.63) is 136 Å². The maximum Gasteiger partial charge on any atom is 0.238 e. The zero-order valence-corrected chi connectivity index (χ0v) is 32.5. The minimum absolute atomic E-state index is 0.110. The van der Waals surface area contributed by atoms with E-state index in [9.17, 15) is 15.5 Å². The third-order valence-electron chi connectivity index (χ3n) is 13.4. The Morgan fingerprint density at radius 3 is 2.21 bits per heavy atom. The molecule has 8 nitrogen and oxygen atoms in total. The van der Waals surface area contributed by atoms with E-state index in [1.165, 1.54) is 6.07 Å². The van der Waals surface area contributed by atoms with Crippen molar-refractivity contribution < 1.29 is 24.2 Å². The summed E-state index contributed by atoms with van der Waals surface area (Å²) < 4.78 is 17.1. The highest BCUT2D eigenvalue weighted by molar-refractivity contribution is 6.30. The summed E-state index contributed by atoms with van der Waals surface area (Å²) >= 11 is 6.61. The number of hydrogen-bond acceptors (Lipinski definition) is 6. The lowest BCUT2D eigenvalue weighted by atomic mass is 9.53. The van der Waals surface area contributed by atoms with E-state index in [2.05, 4.69) is 35.5 Å². The molecule has 4 N–H and O–H groups in total. The molecule has 56 heavy (non-hydrogen) atoms. The van der Waals surface area contributed by atoms with Crippen LogP contribution in [0.15, 0.2) is 97.1 Å². The average Bonchev–Trinajstić information content (AvgIpc) is 3.64. The molecular formula is C46H48ClFN4O4. The van der Waals surface area contributed by atoms with Crippen LogP contribution in [0.25, 0.3) is 0 Å². The molecular weight excluding hydrogens is 727 g/mol. The number of nitrogens with one attached hydrogen (secondary N) is 2. The Balaban J connectivity index is 1.48. The summed E-state index contributed by atoms with van der Waals surface area (Å²) in [5, 5.41) is 39.5. The molecule has 3 fully saturated rings. The predicted octanol–water partition coefficient (Wildman–Crippen LogP) is 8.24. The van der Waals surface area contributed by atoms with E-state index in [1.54, 1.807) is 30.3 Å². The number of amides is 2. The van der Waals surface area contributed by atoms with Crippen LogP contribution in [0.5, 0.6) is 0 Å². The second kappa shape index (κ2) is 14.7. The van der Waals surface area contributed by atoms with E-state index in [1.807, 2.05) is 60.7 Å². The molecule has 2 spiro atoms. The minimum atomic E-state index is -1.58. The van der Waals surface area contributed by atoms with Crippen molar-refractivity contribution in [3.63, 3.8) is 0 Å². The SMILES string of the molecule is CC1(C)CCC2(CC1)N([C@H](c1ccccc1)[C@@H](O)c1ccccc1)[C@@H](C(=O)NC1CCC(O)CC1)[C@H](c1cccc(Cl)c1F)[C@@]21C(=O)Nc2cc(C#N)ccc21. The monoisotopic (exact) mass is 774 g/mol. The number of likely N-dealkylation sites (tertiary alicyclic amines) is 1. The highest BCUT2D eigenvalue weighted by Crippen LogP contribution is 2.69. The van der Waals surface area contributed by atoms with Crippen molar-refractivity contribution in [1.82, 2.24) is 10.2 Å². The summed E-state index contributed by atoms with van der Waals surface area (Å²) in [6.45, 7) is 4.41. The Morgan fingerprint density at radius 1 is 0.929 bits per heavy atom. The molecule has 0 aromatic heterocycles. The molecule has 0 unspecified atom stereocenters. The number of halogens is 2. The molecule has 4 aromatic rings. The molecule has 2 aliphatic carbocycles. The lowest BCUT2D eigenvalue weighted by Crippen LogP contribution is -2.64. The standard InChI is InChI=1S/C46H48ClFN4O4/c1-44(2)22-24-45(25-23-44)46(34-21-16-28(27-49)26-36(34)51-43(46)56)37(33-14-9-15-35(47)38(33)48)40(42(55)50-31-17-19-32(53)20-18-31)52(45)39(29-10-5-3-6-11-29)41(54)30-12-7-4-8-13-30/h3-16,21,26,31-32,37,39-41,53-54H,17-20,22-25H2,1-2H3,(H,50,55)(H,51,56)/t31?,32?,37-,39+,40+,41-,46-/m0/s1. The molecule has 4 aromatic carbocycles. The zero-order chi connectivity index (χ0) is 39.4. The van der Waals surface area contributed by atoms with Crippen LogP contribution in [-0.2, 0) is 15.0 Å². The molecule has 10 heteroatoms. The lowest BCUT2D eigenvalue weighted by Gasteiger charge is -2.56. The average molecular weight is 775 g/mol. The van der Waals surface area contributed by atoms with Crippen LogP contribution in [0.4, 0.5) is 10.1 Å². The highest BCUT2D eigenvalue weighted by Gasteiger charge is 2.77. The number of carbonyl (C=O) groups excluding carboxylic acids is 2. The molecule has 2 saturated carbocycles. The van der Waals surface area contributed by atoms with Gasteiger partial charge in [-0.25, -0.2) is 4.39 Å². The maximum absolute atomic E-state index is 17.1. The Labute approximate surface area is 332 Å². The van der Waals surface area contributed by atoms with Crippen LogP contribution in [0, 0.1) is 22.6 Å². The van der Waals surface area contributed by atoms with Gasteiger partial charge in [0.05, 0.1) is 40.9 Å². The first kappa shape index (κ1) is 38.3. The molecule has 2 heterocycles. The smallest absolute Gasteiger partial charge is 0.238 e. The first-order valence-corrected chi connectivity index (χ1v) is 20.1. The number of aliphatic hydroxyl groups excluding tert-OH is 2. The fourth-order valence-electron chi connectivity index (χ4n) is 10.7. The number of carbonyl (C=O) groups is 2. The van der Waals surface area contributed by atoms with E-state index >= 15 is 14.0 Å². The summed E-state index contributed by atoms with van der Waals surface area (Å²) in [4.78, 5) is 33.4. The van der Waals surface area contributed by atoms with Gasteiger partial charge in [0.25, 0.3) is 0 Å². The van der Waals surface area contributed by atoms with E-state index in [-0.39, 0.29) is 33.9 Å². The Bertz CT molecular complexity index is 2160. The second-order valence-electron chi connectivity index (χ2n) is 17.0. The number of benzene rings is 4. The van der Waals surface area contributed by atoms with Gasteiger partial charge in [-0.3, -0.25) is 14.5 Å². The molecule has 2 amide bonds. The number of aliphatic hydroxyl groups is 2. The van der Waals surface area contributed by atoms with E-state index < -0.39 is 47.0 Å². The van der Waals surface area contributed by atoms with Gasteiger partial charge >= 0.3 is 0 Å². The van der Waals surface area contributed by atoms with Crippen molar-refractivity contribution in [2.75, 3.05) is 5.32 Å². The van der Waals surface area contributed by atoms with Gasteiger partial charge in [-0.05, 0) is 97.2 Å². The minimum Gasteiger partial charge on any atom is -0.393 e. The molecule has 8 rings (SSSR count). The number of hydrogen-bond donors (Lipinski definition) is 4. The summed E-state index contributed by atoms with van der Waals surface area (Å²) in [5.41, 5.74) is 0.0648. The quantitative estimate of drug-likeness (QED) is 0.150. The van der Waals surface area contributed by atoms with Crippen molar-refractivity contribution in [2.45, 2.75) is 112 Å². The topological polar surface area (TPSA) is 126 Å². The molecule has 290 valence electrons. The molecule has 4 aliphatic rings. The third-order valence-corrected chi connectivity index (χ3v) is 13.7. The normalized spacial score (nSPS) is 27.6. The van der Waals surface area contributed by atoms with Gasteiger partial charge < -0.3 is 20.8 Å². The third kappa shape index (κ3) is 6.13. The fraction of sp³-hybridized carbons (Fsp3) is 0.413. The Hall–Kier alpha value is -4.59. The zero-order valence-electron chi connectivity index (χ0n) is 31.7. The molecule has 1 saturated heterocycles. The van der Waals surface area contributed by atoms with Crippen molar-refractivity contribution >= 4 is 29.1 Å². The second-order valence-corrected chi connectivity index (χ2v) is 17.4. The van der Waals surface area contributed by atoms with E-state index in [0.717, 1.165) is 5.56 Å². The Kier molecular flexibility index (Phi) is 10.1. The van der Waals surface area contributed by atoms with Crippen LogP contribution in [0.1, 0.15) is 111 Å². The van der Waals surface area contributed by atoms with Crippen LogP contribution < -0.4 is 10.6 Å². The van der Waals surface area contributed by atoms with E-state index in [0.29, 0.717) is 73.7 Å². The van der Waals surface area contributed by atoms with Crippen molar-refractivity contribution in [1.29, 1.82) is 5.26 Å². The lowest BCUT2D eigenvalue weighted by molar-refractivity contribution is -0.137. The van der Waals surface area contributed by atoms with E-state index in [4.69, 9.17) is 11.6 Å². The van der Waals surface area contributed by atoms with Gasteiger partial charge in [-0.1, -0.05) is 104 Å². The number of anilines is 1. The van der Waals surface area contributed by atoms with Crippen LogP contribution in [0.3, 0.4) is 0 Å². The number of fused-ring (bicyclic) bond motifs is 3. The van der Waals surface area contributed by atoms with Crippen LogP contribution in [0.2, 0.25) is 5.02 Å². The van der Waals surface area contributed by atoms with Gasteiger partial charge in [-0.15, -0.1) is 0 Å². The van der Waals surface area contributed by atoms with Crippen molar-refractivity contribution in [3.8, 4) is 6.07 Å². The molecule has 0 radical (unpaired) electrons. The number of nitrogens with zero attached hydrogens (tertiary/aromatic N) is 2. The number of rotatable bonds is 7.